The summed E-state index contributed by atoms with van der Waals surface area (Å²) in [6.07, 6.45) is -0.000584. The van der Waals surface area contributed by atoms with Crippen LogP contribution in [-0.2, 0) is 20.4 Å². The van der Waals surface area contributed by atoms with E-state index in [1.54, 1.807) is 18.2 Å². The molecule has 0 aliphatic rings. The van der Waals surface area contributed by atoms with Gasteiger partial charge in [-0.2, -0.15) is 0 Å². The minimum Gasteiger partial charge on any atom is -0.305 e. The van der Waals surface area contributed by atoms with Gasteiger partial charge in [0.1, 0.15) is 0 Å². The van der Waals surface area contributed by atoms with Gasteiger partial charge < -0.3 is 4.57 Å². The van der Waals surface area contributed by atoms with E-state index in [4.69, 9.17) is 0 Å². The van der Waals surface area contributed by atoms with Crippen molar-refractivity contribution in [3.05, 3.63) is 54.6 Å². The first-order valence-electron chi connectivity index (χ1n) is 9.01. The zero-order valence-corrected chi connectivity index (χ0v) is 17.0. The topological polar surface area (TPSA) is 93.1 Å². The normalized spacial score (nSPS) is 12.2. The number of para-hydroxylation sites is 2. The predicted molar refractivity (Wildman–Crippen MR) is 110 cm³/mol. The van der Waals surface area contributed by atoms with Crippen molar-refractivity contribution in [3.63, 3.8) is 0 Å². The molecule has 3 aromatic rings. The van der Waals surface area contributed by atoms with Crippen LogP contribution in [0.25, 0.3) is 11.0 Å². The van der Waals surface area contributed by atoms with Gasteiger partial charge in [0.15, 0.2) is 0 Å². The first-order valence-corrected chi connectivity index (χ1v) is 10.5. The smallest absolute Gasteiger partial charge is 0.240 e. The molecule has 0 unspecified atom stereocenters. The Bertz CT molecular complexity index is 1080. The Balaban J connectivity index is 1.69. The van der Waals surface area contributed by atoms with Crippen molar-refractivity contribution < 1.29 is 13.2 Å². The lowest BCUT2D eigenvalue weighted by atomic mass is 10.1. The van der Waals surface area contributed by atoms with E-state index in [0.717, 1.165) is 11.0 Å². The van der Waals surface area contributed by atoms with Gasteiger partial charge in [0, 0.05) is 18.5 Å². The number of hydrogen-bond acceptors (Lipinski definition) is 4. The summed E-state index contributed by atoms with van der Waals surface area (Å²) in [5.41, 5.74) is 1.43. The molecule has 3 rings (SSSR count). The lowest BCUT2D eigenvalue weighted by Gasteiger charge is -2.24. The zero-order valence-electron chi connectivity index (χ0n) is 16.1. The summed E-state index contributed by atoms with van der Waals surface area (Å²) in [5.74, 6) is 0.140. The second-order valence-corrected chi connectivity index (χ2v) is 9.21. The maximum Gasteiger partial charge on any atom is 0.240 e. The fourth-order valence-electron chi connectivity index (χ4n) is 2.96. The molecular formula is C20H24N4O3S. The quantitative estimate of drug-likeness (QED) is 0.665. The van der Waals surface area contributed by atoms with E-state index >= 15 is 0 Å². The second-order valence-electron chi connectivity index (χ2n) is 7.44. The molecule has 0 bridgehead atoms. The van der Waals surface area contributed by atoms with Crippen LogP contribution in [-0.4, -0.2) is 30.4 Å². The van der Waals surface area contributed by atoms with E-state index in [9.17, 15) is 13.2 Å². The third-order valence-electron chi connectivity index (χ3n) is 4.18. The molecule has 0 aliphatic heterocycles. The summed E-state index contributed by atoms with van der Waals surface area (Å²) >= 11 is 0. The predicted octanol–water partition coefficient (Wildman–Crippen LogP) is 3.10. The third kappa shape index (κ3) is 4.40. The van der Waals surface area contributed by atoms with Crippen molar-refractivity contribution in [2.75, 3.05) is 11.9 Å². The number of amides is 1. The van der Waals surface area contributed by atoms with Crippen molar-refractivity contribution in [2.24, 2.45) is 0 Å². The summed E-state index contributed by atoms with van der Waals surface area (Å²) in [7, 11) is -3.63. The molecular weight excluding hydrogens is 376 g/mol. The van der Waals surface area contributed by atoms with E-state index < -0.39 is 10.0 Å². The van der Waals surface area contributed by atoms with E-state index in [1.807, 2.05) is 49.6 Å². The second kappa shape index (κ2) is 7.73. The number of nitrogens with zero attached hydrogens (tertiary/aromatic N) is 2. The molecule has 1 aromatic heterocycles. The number of nitrogens with one attached hydrogen (secondary N) is 2. The average molecular weight is 401 g/mol. The van der Waals surface area contributed by atoms with Crippen LogP contribution in [0.5, 0.6) is 0 Å². The van der Waals surface area contributed by atoms with Gasteiger partial charge in [0.2, 0.25) is 21.9 Å². The third-order valence-corrected chi connectivity index (χ3v) is 5.66. The number of benzene rings is 2. The van der Waals surface area contributed by atoms with Crippen LogP contribution < -0.4 is 10.0 Å². The molecule has 148 valence electrons. The number of carbonyl (C=O) groups excluding carboxylic acids is 1. The summed E-state index contributed by atoms with van der Waals surface area (Å²) in [6, 6.07) is 15.7. The molecule has 8 heteroatoms. The van der Waals surface area contributed by atoms with Crippen molar-refractivity contribution in [1.82, 2.24) is 14.3 Å². The van der Waals surface area contributed by atoms with Gasteiger partial charge in [0.05, 0.1) is 15.9 Å². The Morgan fingerprint density at radius 3 is 2.36 bits per heavy atom. The molecule has 2 aromatic carbocycles. The lowest BCUT2D eigenvalue weighted by Crippen LogP contribution is -2.29. The lowest BCUT2D eigenvalue weighted by molar-refractivity contribution is -0.116. The van der Waals surface area contributed by atoms with Gasteiger partial charge in [-0.15, -0.1) is 0 Å². The van der Waals surface area contributed by atoms with Crippen molar-refractivity contribution in [1.29, 1.82) is 0 Å². The van der Waals surface area contributed by atoms with Crippen molar-refractivity contribution in [2.45, 2.75) is 37.6 Å². The molecule has 28 heavy (non-hydrogen) atoms. The van der Waals surface area contributed by atoms with E-state index in [2.05, 4.69) is 15.0 Å². The van der Waals surface area contributed by atoms with E-state index in [1.165, 1.54) is 12.1 Å². The van der Waals surface area contributed by atoms with Crippen LogP contribution in [0.4, 0.5) is 5.95 Å². The van der Waals surface area contributed by atoms with E-state index in [0.29, 0.717) is 5.95 Å². The number of carbonyl (C=O) groups is 1. The molecule has 2 N–H and O–H groups in total. The maximum absolute atomic E-state index is 12.4. The van der Waals surface area contributed by atoms with Crippen LogP contribution in [0, 0.1) is 0 Å². The van der Waals surface area contributed by atoms with Gasteiger partial charge in [-0.3, -0.25) is 10.1 Å². The van der Waals surface area contributed by atoms with Gasteiger partial charge in [0.25, 0.3) is 0 Å². The highest BCUT2D eigenvalue weighted by molar-refractivity contribution is 7.89. The van der Waals surface area contributed by atoms with Crippen LogP contribution in [0.15, 0.2) is 59.5 Å². The molecule has 0 radical (unpaired) electrons. The minimum absolute atomic E-state index is 0.000584. The highest BCUT2D eigenvalue weighted by atomic mass is 32.2. The molecule has 0 fully saturated rings. The number of sulfonamides is 1. The number of anilines is 1. The summed E-state index contributed by atoms with van der Waals surface area (Å²) in [4.78, 5) is 17.1. The highest BCUT2D eigenvalue weighted by Gasteiger charge is 2.22. The van der Waals surface area contributed by atoms with Crippen LogP contribution in [0.3, 0.4) is 0 Å². The van der Waals surface area contributed by atoms with Crippen molar-refractivity contribution >= 4 is 32.9 Å². The monoisotopic (exact) mass is 400 g/mol. The Kier molecular flexibility index (Phi) is 5.53. The number of aromatic nitrogens is 2. The number of hydrogen-bond donors (Lipinski definition) is 2. The molecule has 0 saturated carbocycles. The minimum atomic E-state index is -3.63. The maximum atomic E-state index is 12.4. The molecule has 7 nitrogen and oxygen atoms in total. The number of rotatable bonds is 6. The Hall–Kier alpha value is -2.71. The summed E-state index contributed by atoms with van der Waals surface area (Å²) < 4.78 is 28.8. The van der Waals surface area contributed by atoms with Crippen LogP contribution in [0.1, 0.15) is 27.2 Å². The molecule has 0 aliphatic carbocycles. The Morgan fingerprint density at radius 1 is 1.04 bits per heavy atom. The van der Waals surface area contributed by atoms with Gasteiger partial charge in [-0.25, -0.2) is 18.1 Å². The number of imidazole rings is 1. The van der Waals surface area contributed by atoms with Crippen LogP contribution >= 0.6 is 0 Å². The fourth-order valence-corrected chi connectivity index (χ4v) is 4.01. The highest BCUT2D eigenvalue weighted by Crippen LogP contribution is 2.27. The zero-order chi connectivity index (χ0) is 20.4. The largest absolute Gasteiger partial charge is 0.305 e. The molecule has 0 saturated heterocycles. The number of fused-ring (bicyclic) bond motifs is 1. The molecule has 0 spiro atoms. The Morgan fingerprint density at radius 2 is 1.68 bits per heavy atom. The first kappa shape index (κ1) is 20.0. The Labute approximate surface area is 164 Å². The van der Waals surface area contributed by atoms with Gasteiger partial charge in [-0.1, -0.05) is 30.3 Å². The summed E-state index contributed by atoms with van der Waals surface area (Å²) in [5, 5.41) is 2.81. The van der Waals surface area contributed by atoms with Crippen molar-refractivity contribution in [3.8, 4) is 0 Å². The van der Waals surface area contributed by atoms with Gasteiger partial charge in [-0.05, 0) is 45.0 Å². The summed E-state index contributed by atoms with van der Waals surface area (Å²) in [6.45, 7) is 6.10. The SMILES string of the molecule is CC(C)(C)n1c(NC(=O)CCNS(=O)(=O)c2ccccc2)nc2ccccc21. The first-order chi connectivity index (χ1) is 13.2. The van der Waals surface area contributed by atoms with E-state index in [-0.39, 0.29) is 29.3 Å². The van der Waals surface area contributed by atoms with Crippen LogP contribution in [0.2, 0.25) is 0 Å². The fraction of sp³-hybridized carbons (Fsp3) is 0.300. The standard InChI is InChI=1S/C20H24N4O3S/c1-20(2,3)24-17-12-8-7-11-16(17)22-19(24)23-18(25)13-14-21-28(26,27)15-9-5-4-6-10-15/h4-12,21H,13-14H2,1-3H3,(H,22,23,25). The van der Waals surface area contributed by atoms with Gasteiger partial charge >= 0.3 is 0 Å². The average Bonchev–Trinajstić information content (AvgIpc) is 3.00. The molecule has 1 amide bonds. The molecule has 0 atom stereocenters. The molecule has 1 heterocycles.